The lowest BCUT2D eigenvalue weighted by molar-refractivity contribution is 0.353. The van der Waals surface area contributed by atoms with Crippen LogP contribution in [0.15, 0.2) is 35.1 Å². The zero-order valence-corrected chi connectivity index (χ0v) is 16.1. The van der Waals surface area contributed by atoms with Gasteiger partial charge in [0.15, 0.2) is 11.5 Å². The van der Waals surface area contributed by atoms with Gasteiger partial charge in [-0.05, 0) is 66.6 Å². The summed E-state index contributed by atoms with van der Waals surface area (Å²) < 4.78 is 10.9. The van der Waals surface area contributed by atoms with Crippen molar-refractivity contribution >= 4 is 10.9 Å². The van der Waals surface area contributed by atoms with Gasteiger partial charge in [-0.2, -0.15) is 0 Å². The van der Waals surface area contributed by atoms with Crippen molar-refractivity contribution in [1.29, 1.82) is 0 Å². The molecule has 140 valence electrons. The van der Waals surface area contributed by atoms with Crippen molar-refractivity contribution in [3.63, 3.8) is 0 Å². The second-order valence-corrected chi connectivity index (χ2v) is 7.14. The Balaban J connectivity index is 1.91. The molecule has 2 aromatic carbocycles. The molecule has 0 fully saturated rings. The third-order valence-electron chi connectivity index (χ3n) is 5.33. The monoisotopic (exact) mass is 364 g/mol. The fraction of sp³-hybridized carbons (Fsp3) is 0.318. The topological polar surface area (TPSA) is 63.4 Å². The Hall–Kier alpha value is -2.79. The van der Waals surface area contributed by atoms with Crippen molar-refractivity contribution < 1.29 is 9.47 Å². The summed E-state index contributed by atoms with van der Waals surface area (Å²) in [5.74, 6) is 1.39. The predicted molar refractivity (Wildman–Crippen MR) is 107 cm³/mol. The third kappa shape index (κ3) is 2.98. The fourth-order valence-corrected chi connectivity index (χ4v) is 4.08. The number of aryl methyl sites for hydroxylation is 2. The highest BCUT2D eigenvalue weighted by Crippen LogP contribution is 2.37. The molecule has 1 unspecified atom stereocenters. The number of rotatable bonds is 3. The van der Waals surface area contributed by atoms with E-state index in [9.17, 15) is 4.79 Å². The van der Waals surface area contributed by atoms with Crippen LogP contribution in [0.2, 0.25) is 0 Å². The van der Waals surface area contributed by atoms with Gasteiger partial charge in [0, 0.05) is 12.1 Å². The van der Waals surface area contributed by atoms with Crippen LogP contribution in [0.4, 0.5) is 0 Å². The maximum absolute atomic E-state index is 12.9. The van der Waals surface area contributed by atoms with E-state index in [0.717, 1.165) is 46.3 Å². The van der Waals surface area contributed by atoms with Crippen LogP contribution >= 0.6 is 0 Å². The summed E-state index contributed by atoms with van der Waals surface area (Å²) in [7, 11) is 3.27. The smallest absolute Gasteiger partial charge is 0.253 e. The molecule has 0 saturated heterocycles. The molecule has 0 bridgehead atoms. The Morgan fingerprint density at radius 2 is 1.70 bits per heavy atom. The van der Waals surface area contributed by atoms with E-state index in [0.29, 0.717) is 5.75 Å². The molecule has 4 rings (SSSR count). The van der Waals surface area contributed by atoms with E-state index in [1.807, 2.05) is 25.1 Å². The van der Waals surface area contributed by atoms with E-state index in [1.54, 1.807) is 14.2 Å². The maximum atomic E-state index is 12.9. The van der Waals surface area contributed by atoms with E-state index in [2.05, 4.69) is 29.4 Å². The molecule has 0 amide bonds. The zero-order valence-electron chi connectivity index (χ0n) is 16.1. The molecule has 1 aromatic heterocycles. The minimum atomic E-state index is -0.178. The summed E-state index contributed by atoms with van der Waals surface area (Å²) in [6.45, 7) is 4.90. The van der Waals surface area contributed by atoms with Gasteiger partial charge >= 0.3 is 0 Å². The maximum Gasteiger partial charge on any atom is 0.253 e. The first-order chi connectivity index (χ1) is 13.0. The Bertz CT molecular complexity index is 1090. The minimum absolute atomic E-state index is 0.0606. The van der Waals surface area contributed by atoms with E-state index >= 15 is 0 Å². The average Bonchev–Trinajstić information content (AvgIpc) is 2.66. The number of aromatic nitrogens is 1. The van der Waals surface area contributed by atoms with Gasteiger partial charge in [-0.3, -0.25) is 4.79 Å². The van der Waals surface area contributed by atoms with E-state index in [-0.39, 0.29) is 11.6 Å². The molecule has 27 heavy (non-hydrogen) atoms. The summed E-state index contributed by atoms with van der Waals surface area (Å²) in [5.41, 5.74) is 6.07. The van der Waals surface area contributed by atoms with Crippen molar-refractivity contribution in [3.05, 3.63) is 68.5 Å². The molecule has 0 aliphatic carbocycles. The van der Waals surface area contributed by atoms with Crippen LogP contribution in [0, 0.1) is 13.8 Å². The normalized spacial score (nSPS) is 16.2. The minimum Gasteiger partial charge on any atom is -0.493 e. The highest BCUT2D eigenvalue weighted by molar-refractivity contribution is 5.83. The Morgan fingerprint density at radius 1 is 0.963 bits per heavy atom. The zero-order chi connectivity index (χ0) is 19.1. The van der Waals surface area contributed by atoms with Gasteiger partial charge in [0.2, 0.25) is 0 Å². The molecule has 1 aliphatic heterocycles. The first-order valence-corrected chi connectivity index (χ1v) is 9.14. The first-order valence-electron chi connectivity index (χ1n) is 9.14. The van der Waals surface area contributed by atoms with E-state index in [1.165, 1.54) is 11.1 Å². The molecular formula is C22H24N2O3. The van der Waals surface area contributed by atoms with Gasteiger partial charge in [0.1, 0.15) is 0 Å². The van der Waals surface area contributed by atoms with Crippen molar-refractivity contribution in [2.75, 3.05) is 20.8 Å². The molecule has 3 aromatic rings. The van der Waals surface area contributed by atoms with Crippen LogP contribution < -0.4 is 20.3 Å². The number of hydrogen-bond donors (Lipinski definition) is 2. The van der Waals surface area contributed by atoms with Gasteiger partial charge in [0.05, 0.1) is 25.8 Å². The van der Waals surface area contributed by atoms with Crippen molar-refractivity contribution in [2.24, 2.45) is 0 Å². The largest absolute Gasteiger partial charge is 0.493 e. The molecule has 0 spiro atoms. The van der Waals surface area contributed by atoms with Gasteiger partial charge in [-0.1, -0.05) is 11.6 Å². The van der Waals surface area contributed by atoms with Crippen molar-refractivity contribution in [2.45, 2.75) is 26.3 Å². The van der Waals surface area contributed by atoms with Gasteiger partial charge in [0.25, 0.3) is 5.56 Å². The number of fused-ring (bicyclic) bond motifs is 2. The molecular weight excluding hydrogens is 340 g/mol. The van der Waals surface area contributed by atoms with Crippen LogP contribution in [0.25, 0.3) is 10.9 Å². The number of H-pyrrole nitrogens is 1. The number of methoxy groups -OCH3 is 2. The molecule has 0 saturated carbocycles. The summed E-state index contributed by atoms with van der Waals surface area (Å²) in [5, 5.41) is 4.55. The second-order valence-electron chi connectivity index (χ2n) is 7.14. The Kier molecular flexibility index (Phi) is 4.40. The number of pyridine rings is 1. The molecule has 2 N–H and O–H groups in total. The van der Waals surface area contributed by atoms with Crippen molar-refractivity contribution in [1.82, 2.24) is 10.3 Å². The molecule has 1 atom stereocenters. The van der Waals surface area contributed by atoms with Crippen LogP contribution in [0.3, 0.4) is 0 Å². The Morgan fingerprint density at radius 3 is 2.44 bits per heavy atom. The van der Waals surface area contributed by atoms with Gasteiger partial charge in [-0.25, -0.2) is 0 Å². The van der Waals surface area contributed by atoms with Crippen LogP contribution in [-0.2, 0) is 6.42 Å². The van der Waals surface area contributed by atoms with Crippen LogP contribution in [-0.4, -0.2) is 25.7 Å². The average molecular weight is 364 g/mol. The molecule has 5 nitrogen and oxygen atoms in total. The molecule has 0 radical (unpaired) electrons. The summed E-state index contributed by atoms with van der Waals surface area (Å²) in [4.78, 5) is 16.0. The quantitative estimate of drug-likeness (QED) is 0.748. The highest BCUT2D eigenvalue weighted by atomic mass is 16.5. The molecule has 1 aliphatic rings. The first kappa shape index (κ1) is 17.6. The van der Waals surface area contributed by atoms with Gasteiger partial charge in [-0.15, -0.1) is 0 Å². The standard InChI is InChI=1S/C22H24N2O3/c1-12-7-13(2)20-15(8-12)9-17(22(25)24-20)21-16-11-19(27-4)18(26-3)10-14(16)5-6-23-21/h7-11,21,23H,5-6H2,1-4H3,(H,24,25). The number of aromatic amines is 1. The summed E-state index contributed by atoms with van der Waals surface area (Å²) in [6.07, 6.45) is 0.885. The lowest BCUT2D eigenvalue weighted by Crippen LogP contribution is -2.34. The second kappa shape index (κ2) is 6.74. The van der Waals surface area contributed by atoms with E-state index < -0.39 is 0 Å². The third-order valence-corrected chi connectivity index (χ3v) is 5.33. The lowest BCUT2D eigenvalue weighted by Gasteiger charge is -2.28. The lowest BCUT2D eigenvalue weighted by atomic mass is 9.89. The number of hydrogen-bond acceptors (Lipinski definition) is 4. The van der Waals surface area contributed by atoms with E-state index in [4.69, 9.17) is 9.47 Å². The fourth-order valence-electron chi connectivity index (χ4n) is 4.08. The Labute approximate surface area is 158 Å². The van der Waals surface area contributed by atoms with Crippen molar-refractivity contribution in [3.8, 4) is 11.5 Å². The molecule has 5 heteroatoms. The van der Waals surface area contributed by atoms with Crippen LogP contribution in [0.5, 0.6) is 11.5 Å². The van der Waals surface area contributed by atoms with Crippen LogP contribution in [0.1, 0.15) is 33.9 Å². The predicted octanol–water partition coefficient (Wildman–Crippen LogP) is 3.40. The van der Waals surface area contributed by atoms with Gasteiger partial charge < -0.3 is 19.8 Å². The SMILES string of the molecule is COc1cc2c(cc1OC)C(c1cc3cc(C)cc(C)c3[nH]c1=O)NCC2. The number of ether oxygens (including phenoxy) is 2. The summed E-state index contributed by atoms with van der Waals surface area (Å²) >= 11 is 0. The number of nitrogens with one attached hydrogen (secondary N) is 2. The summed E-state index contributed by atoms with van der Waals surface area (Å²) in [6, 6.07) is 10.0. The number of benzene rings is 2. The highest BCUT2D eigenvalue weighted by Gasteiger charge is 2.26. The molecule has 2 heterocycles.